The first kappa shape index (κ1) is 57.6. The van der Waals surface area contributed by atoms with Crippen molar-refractivity contribution in [1.29, 1.82) is 0 Å². The van der Waals surface area contributed by atoms with Gasteiger partial charge in [-0.05, 0) is 72.9 Å². The van der Waals surface area contributed by atoms with Crippen molar-refractivity contribution < 1.29 is 64.5 Å². The Morgan fingerprint density at radius 2 is 1.70 bits per heavy atom. The van der Waals surface area contributed by atoms with Crippen LogP contribution in [0.4, 0.5) is 32.0 Å². The zero-order chi connectivity index (χ0) is 51.3. The molecule has 4 amide bonds. The van der Waals surface area contributed by atoms with Crippen LogP contribution < -0.4 is 20.7 Å². The second-order valence-corrected chi connectivity index (χ2v) is 15.7. The number of likely N-dealkylation sites (N-methyl/N-ethyl adjacent to an activating group) is 1. The molecule has 1 unspecified atom stereocenters. The van der Waals surface area contributed by atoms with Gasteiger partial charge in [0, 0.05) is 76.5 Å². The molecule has 0 spiro atoms. The number of rotatable bonds is 24. The van der Waals surface area contributed by atoms with Crippen LogP contribution in [0.3, 0.4) is 0 Å². The minimum Gasteiger partial charge on any atom is -0.493 e. The van der Waals surface area contributed by atoms with Gasteiger partial charge in [-0.3, -0.25) is 34.3 Å². The molecule has 1 fully saturated rings. The maximum absolute atomic E-state index is 13.8. The number of piperidine rings is 1. The lowest BCUT2D eigenvalue weighted by molar-refractivity contribution is -0.138. The number of amides is 4. The molecule has 1 heterocycles. The molecule has 21 heteroatoms. The summed E-state index contributed by atoms with van der Waals surface area (Å²) >= 11 is 5.87. The summed E-state index contributed by atoms with van der Waals surface area (Å²) in [5.41, 5.74) is -0.298. The van der Waals surface area contributed by atoms with Crippen molar-refractivity contribution in [3.63, 3.8) is 0 Å². The smallest absolute Gasteiger partial charge is 0.432 e. The van der Waals surface area contributed by atoms with Crippen LogP contribution >= 0.6 is 11.6 Å². The number of halogens is 7. The Labute approximate surface area is 404 Å². The second kappa shape index (κ2) is 28.1. The third kappa shape index (κ3) is 17.3. The number of ether oxygens (including phenoxy) is 3. The second-order valence-electron chi connectivity index (χ2n) is 15.3. The molecular weight excluding hydrogens is 935 g/mol. The number of anilines is 1. The van der Waals surface area contributed by atoms with Gasteiger partial charge in [0.25, 0.3) is 5.91 Å². The van der Waals surface area contributed by atoms with E-state index in [0.29, 0.717) is 61.9 Å². The van der Waals surface area contributed by atoms with E-state index in [1.807, 2.05) is 21.1 Å². The Hall–Kier alpha value is -5.73. The summed E-state index contributed by atoms with van der Waals surface area (Å²) in [6.07, 6.45) is -6.14. The van der Waals surface area contributed by atoms with Crippen LogP contribution in [0.15, 0.2) is 59.6 Å². The zero-order valence-electron chi connectivity index (χ0n) is 39.4. The van der Waals surface area contributed by atoms with E-state index in [1.54, 1.807) is 19.1 Å². The molecule has 375 valence electrons. The SMILES string of the molecule is CC.CN=C(/C=C(\C)c1ccc(OCCCOCCC(=O)NCC[B]CCOCCNc2cccc(C=O)c2C(=O)N(C)C2CCC(=O)NC2=O)c(-c2ccc(Cl)c(C(F)(F)F)c2)c1C)C(F)(F)F. The fourth-order valence-corrected chi connectivity index (χ4v) is 7.38. The highest BCUT2D eigenvalue weighted by atomic mass is 35.5. The van der Waals surface area contributed by atoms with Gasteiger partial charge < -0.3 is 29.7 Å². The molecule has 0 aromatic heterocycles. The largest absolute Gasteiger partial charge is 0.493 e. The monoisotopic (exact) mass is 992 g/mol. The maximum Gasteiger partial charge on any atom is 0.432 e. The van der Waals surface area contributed by atoms with E-state index in [2.05, 4.69) is 20.9 Å². The molecule has 1 atom stereocenters. The molecule has 4 rings (SSSR count). The molecule has 0 aliphatic carbocycles. The number of nitrogens with zero attached hydrogens (tertiary/aromatic N) is 2. The lowest BCUT2D eigenvalue weighted by Crippen LogP contribution is -2.53. The molecular formula is C48H58BClF6N5O8. The summed E-state index contributed by atoms with van der Waals surface area (Å²) < 4.78 is 99.1. The number of carbonyl (C=O) groups excluding carboxylic acids is 5. The predicted octanol–water partition coefficient (Wildman–Crippen LogP) is 9.05. The third-order valence-electron chi connectivity index (χ3n) is 10.6. The zero-order valence-corrected chi connectivity index (χ0v) is 40.2. The molecule has 13 nitrogen and oxygen atoms in total. The number of benzene rings is 3. The standard InChI is InChI=1S/C46H52BClF6N5O8.C2H6/c1-28(25-38(55-3)46(52,53)54)32-10-13-37(41(29(32)2)30-9-11-34(48)33(26-30)45(49,50)51)67-21-6-20-65-22-15-39(61)57-18-16-47-17-23-66-24-19-56-35-8-5-7-31(27-60)42(35)44(64)59(4)36-12-14-40(62)58-43(36)63;1-2/h5,7-11,13,25-27,36,56H,6,12,14-24H2,1-4H3,(H,57,61)(H,58,62,63);1-2H3/b28-25+,55-38?;. The summed E-state index contributed by atoms with van der Waals surface area (Å²) in [4.78, 5) is 66.0. The van der Waals surface area contributed by atoms with E-state index in [4.69, 9.17) is 25.8 Å². The minimum atomic E-state index is -4.77. The molecule has 1 saturated heterocycles. The lowest BCUT2D eigenvalue weighted by atomic mass is 9.71. The van der Waals surface area contributed by atoms with Gasteiger partial charge >= 0.3 is 12.4 Å². The number of nitrogens with one attached hydrogen (secondary N) is 3. The Morgan fingerprint density at radius 1 is 0.971 bits per heavy atom. The summed E-state index contributed by atoms with van der Waals surface area (Å²) in [6, 6.07) is 10.3. The normalized spacial score (nSPS) is 14.3. The summed E-state index contributed by atoms with van der Waals surface area (Å²) in [5.74, 6) is -1.54. The molecule has 3 aromatic carbocycles. The highest BCUT2D eigenvalue weighted by Crippen LogP contribution is 2.42. The Morgan fingerprint density at radius 3 is 2.36 bits per heavy atom. The molecule has 0 bridgehead atoms. The number of allylic oxidation sites excluding steroid dienone is 2. The van der Waals surface area contributed by atoms with Gasteiger partial charge in [-0.2, -0.15) is 26.3 Å². The minimum absolute atomic E-state index is 0.0759. The highest BCUT2D eigenvalue weighted by molar-refractivity contribution is 6.35. The topological polar surface area (TPSA) is 165 Å². The van der Waals surface area contributed by atoms with Crippen molar-refractivity contribution in [2.75, 3.05) is 65.5 Å². The van der Waals surface area contributed by atoms with Crippen LogP contribution in [-0.2, 0) is 30.0 Å². The summed E-state index contributed by atoms with van der Waals surface area (Å²) in [7, 11) is 4.43. The lowest BCUT2D eigenvalue weighted by Gasteiger charge is -2.30. The van der Waals surface area contributed by atoms with Gasteiger partial charge in [0.1, 0.15) is 24.8 Å². The van der Waals surface area contributed by atoms with Crippen LogP contribution in [0.25, 0.3) is 16.7 Å². The quantitative estimate of drug-likeness (QED) is 0.0198. The van der Waals surface area contributed by atoms with Crippen LogP contribution in [0.5, 0.6) is 5.75 Å². The molecule has 1 aliphatic rings. The predicted molar refractivity (Wildman–Crippen MR) is 254 cm³/mol. The maximum atomic E-state index is 13.8. The van der Waals surface area contributed by atoms with Crippen molar-refractivity contribution in [2.45, 2.75) is 84.4 Å². The molecule has 1 aliphatic heterocycles. The van der Waals surface area contributed by atoms with E-state index < -0.39 is 52.4 Å². The number of imide groups is 1. The Bertz CT molecular complexity index is 2310. The van der Waals surface area contributed by atoms with Gasteiger partial charge in [-0.25, -0.2) is 0 Å². The average Bonchev–Trinajstić information content (AvgIpc) is 3.30. The van der Waals surface area contributed by atoms with Crippen molar-refractivity contribution in [1.82, 2.24) is 15.5 Å². The first-order valence-corrected chi connectivity index (χ1v) is 22.7. The van der Waals surface area contributed by atoms with Gasteiger partial charge in [0.2, 0.25) is 17.7 Å². The van der Waals surface area contributed by atoms with E-state index in [1.165, 1.54) is 43.1 Å². The third-order valence-corrected chi connectivity index (χ3v) is 10.9. The van der Waals surface area contributed by atoms with E-state index >= 15 is 0 Å². The molecule has 3 aromatic rings. The number of aliphatic imine (C=N–C) groups is 1. The fourth-order valence-electron chi connectivity index (χ4n) is 7.15. The first-order valence-electron chi connectivity index (χ1n) is 22.3. The van der Waals surface area contributed by atoms with Crippen LogP contribution in [0.2, 0.25) is 17.7 Å². The number of aldehydes is 1. The first-order chi connectivity index (χ1) is 32.8. The summed E-state index contributed by atoms with van der Waals surface area (Å²) in [6.45, 7) is 8.82. The molecule has 0 saturated carbocycles. The number of hydrogen-bond acceptors (Lipinski definition) is 10. The summed E-state index contributed by atoms with van der Waals surface area (Å²) in [5, 5.41) is 7.64. The molecule has 1 radical (unpaired) electrons. The van der Waals surface area contributed by atoms with E-state index in [9.17, 15) is 50.3 Å². The number of carbonyl (C=O) groups is 5. The van der Waals surface area contributed by atoms with Gasteiger partial charge in [-0.1, -0.05) is 62.4 Å². The number of alkyl halides is 6. The van der Waals surface area contributed by atoms with Gasteiger partial charge in [0.15, 0.2) is 6.29 Å². The van der Waals surface area contributed by atoms with Crippen molar-refractivity contribution in [3.8, 4) is 16.9 Å². The van der Waals surface area contributed by atoms with Gasteiger partial charge in [-0.15, -0.1) is 0 Å². The van der Waals surface area contributed by atoms with Crippen LogP contribution in [0, 0.1) is 6.92 Å². The highest BCUT2D eigenvalue weighted by Gasteiger charge is 2.36. The van der Waals surface area contributed by atoms with Crippen molar-refractivity contribution in [3.05, 3.63) is 87.4 Å². The number of hydrogen-bond donors (Lipinski definition) is 3. The molecule has 3 N–H and O–H groups in total. The Kier molecular flexibility index (Phi) is 23.4. The van der Waals surface area contributed by atoms with Gasteiger partial charge in [0.05, 0.1) is 36.0 Å². The molecule has 69 heavy (non-hydrogen) atoms. The van der Waals surface area contributed by atoms with E-state index in [0.717, 1.165) is 25.3 Å². The average molecular weight is 993 g/mol. The van der Waals surface area contributed by atoms with Crippen molar-refractivity contribution >= 4 is 65.8 Å². The Balaban J connectivity index is 0.00000622. The van der Waals surface area contributed by atoms with Crippen molar-refractivity contribution in [2.24, 2.45) is 4.99 Å². The van der Waals surface area contributed by atoms with Crippen LogP contribution in [-0.4, -0.2) is 120 Å². The van der Waals surface area contributed by atoms with Crippen LogP contribution in [0.1, 0.15) is 83.9 Å². The van der Waals surface area contributed by atoms with E-state index in [-0.39, 0.29) is 85.2 Å². The fraction of sp³-hybridized carbons (Fsp3) is 0.458.